The highest BCUT2D eigenvalue weighted by Gasteiger charge is 2.18. The van der Waals surface area contributed by atoms with E-state index in [0.29, 0.717) is 5.69 Å². The zero-order valence-electron chi connectivity index (χ0n) is 12.8. The van der Waals surface area contributed by atoms with Crippen LogP contribution in [0.4, 0.5) is 0 Å². The molecule has 0 aliphatic heterocycles. The fourth-order valence-electron chi connectivity index (χ4n) is 3.32. The largest absolute Gasteiger partial charge is 0.508 e. The second-order valence-electron chi connectivity index (χ2n) is 6.11. The van der Waals surface area contributed by atoms with Gasteiger partial charge in [0, 0.05) is 0 Å². The Morgan fingerprint density at radius 1 is 1.09 bits per heavy atom. The molecule has 1 aromatic heterocycles. The molecule has 2 aromatic rings. The second kappa shape index (κ2) is 6.92. The third-order valence-corrected chi connectivity index (χ3v) is 4.60. The van der Waals surface area contributed by atoms with Crippen LogP contribution in [0.15, 0.2) is 24.3 Å². The molecule has 2 N–H and O–H groups in total. The number of aromatic nitrogens is 3. The lowest BCUT2D eigenvalue weighted by Crippen LogP contribution is -2.10. The molecule has 1 aliphatic carbocycles. The van der Waals surface area contributed by atoms with Crippen molar-refractivity contribution in [3.8, 4) is 11.4 Å². The maximum Gasteiger partial charge on any atom is 0.115 e. The number of hydrogen-bond donors (Lipinski definition) is 2. The highest BCUT2D eigenvalue weighted by molar-refractivity contribution is 5.37. The van der Waals surface area contributed by atoms with Crippen molar-refractivity contribution < 1.29 is 10.2 Å². The Morgan fingerprint density at radius 2 is 1.82 bits per heavy atom. The van der Waals surface area contributed by atoms with Crippen molar-refractivity contribution in [2.45, 2.75) is 51.6 Å². The Bertz CT molecular complexity index is 601. The molecule has 3 rings (SSSR count). The van der Waals surface area contributed by atoms with Crippen molar-refractivity contribution in [2.24, 2.45) is 5.92 Å². The number of aromatic hydroxyl groups is 1. The lowest BCUT2D eigenvalue weighted by Gasteiger charge is -2.21. The fraction of sp³-hybridized carbons (Fsp3) is 0.529. The van der Waals surface area contributed by atoms with E-state index >= 15 is 0 Å². The normalized spacial score (nSPS) is 16.0. The van der Waals surface area contributed by atoms with E-state index in [1.165, 1.54) is 32.1 Å². The summed E-state index contributed by atoms with van der Waals surface area (Å²) < 4.78 is 1.79. The molecule has 5 heteroatoms. The Balaban J connectivity index is 1.79. The Labute approximate surface area is 130 Å². The molecular formula is C17H23N3O2. The van der Waals surface area contributed by atoms with Crippen LogP contribution in [0.2, 0.25) is 0 Å². The summed E-state index contributed by atoms with van der Waals surface area (Å²) in [6, 6.07) is 6.91. The van der Waals surface area contributed by atoms with E-state index in [1.807, 2.05) is 12.1 Å². The number of aliphatic hydroxyl groups excluding tert-OH is 1. The quantitative estimate of drug-likeness (QED) is 0.890. The van der Waals surface area contributed by atoms with Crippen LogP contribution in [0.25, 0.3) is 5.69 Å². The molecule has 0 radical (unpaired) electrons. The molecule has 0 amide bonds. The minimum Gasteiger partial charge on any atom is -0.508 e. The molecule has 0 unspecified atom stereocenters. The molecule has 22 heavy (non-hydrogen) atoms. The number of rotatable bonds is 5. The van der Waals surface area contributed by atoms with Crippen LogP contribution in [0.1, 0.15) is 49.9 Å². The lowest BCUT2D eigenvalue weighted by molar-refractivity contribution is 0.274. The third-order valence-electron chi connectivity index (χ3n) is 4.60. The zero-order valence-corrected chi connectivity index (χ0v) is 12.8. The van der Waals surface area contributed by atoms with Gasteiger partial charge in [-0.15, -0.1) is 5.10 Å². The molecule has 0 saturated heterocycles. The van der Waals surface area contributed by atoms with E-state index in [1.54, 1.807) is 16.8 Å². The summed E-state index contributed by atoms with van der Waals surface area (Å²) in [4.78, 5) is 0. The predicted molar refractivity (Wildman–Crippen MR) is 83.8 cm³/mol. The van der Waals surface area contributed by atoms with Gasteiger partial charge in [0.15, 0.2) is 0 Å². The smallest absolute Gasteiger partial charge is 0.115 e. The maximum atomic E-state index is 9.50. The van der Waals surface area contributed by atoms with Gasteiger partial charge in [-0.3, -0.25) is 0 Å². The van der Waals surface area contributed by atoms with E-state index in [9.17, 15) is 10.2 Å². The van der Waals surface area contributed by atoms with Crippen LogP contribution in [0.3, 0.4) is 0 Å². The molecule has 1 heterocycles. The molecule has 0 spiro atoms. The van der Waals surface area contributed by atoms with Crippen molar-refractivity contribution in [3.63, 3.8) is 0 Å². The Morgan fingerprint density at radius 3 is 2.50 bits per heavy atom. The zero-order chi connectivity index (χ0) is 15.4. The van der Waals surface area contributed by atoms with Crippen LogP contribution in [-0.4, -0.2) is 25.2 Å². The number of phenols is 1. The van der Waals surface area contributed by atoms with Crippen LogP contribution >= 0.6 is 0 Å². The molecule has 0 atom stereocenters. The van der Waals surface area contributed by atoms with E-state index in [-0.39, 0.29) is 12.4 Å². The predicted octanol–water partition coefficient (Wildman–Crippen LogP) is 2.98. The van der Waals surface area contributed by atoms with Crippen LogP contribution in [0, 0.1) is 5.92 Å². The summed E-state index contributed by atoms with van der Waals surface area (Å²) in [7, 11) is 0. The fourth-order valence-corrected chi connectivity index (χ4v) is 3.32. The SMILES string of the molecule is OCc1nnn(-c2ccc(O)cc2)c1CCC1CCCCC1. The Hall–Kier alpha value is -1.88. The summed E-state index contributed by atoms with van der Waals surface area (Å²) >= 11 is 0. The van der Waals surface area contributed by atoms with E-state index in [4.69, 9.17) is 0 Å². The van der Waals surface area contributed by atoms with Crippen LogP contribution < -0.4 is 0 Å². The molecule has 0 bridgehead atoms. The lowest BCUT2D eigenvalue weighted by atomic mass is 9.85. The third kappa shape index (κ3) is 3.30. The van der Waals surface area contributed by atoms with Crippen LogP contribution in [-0.2, 0) is 13.0 Å². The van der Waals surface area contributed by atoms with Gasteiger partial charge in [0.1, 0.15) is 11.4 Å². The van der Waals surface area contributed by atoms with E-state index in [0.717, 1.165) is 30.1 Å². The summed E-state index contributed by atoms with van der Waals surface area (Å²) in [5.41, 5.74) is 2.51. The summed E-state index contributed by atoms with van der Waals surface area (Å²) in [6.07, 6.45) is 8.68. The van der Waals surface area contributed by atoms with Crippen LogP contribution in [0.5, 0.6) is 5.75 Å². The molecule has 118 valence electrons. The highest BCUT2D eigenvalue weighted by Crippen LogP contribution is 2.28. The molecule has 5 nitrogen and oxygen atoms in total. The van der Waals surface area contributed by atoms with Gasteiger partial charge in [-0.1, -0.05) is 37.3 Å². The van der Waals surface area contributed by atoms with Gasteiger partial charge in [0.2, 0.25) is 0 Å². The average Bonchev–Trinajstić information content (AvgIpc) is 2.97. The van der Waals surface area contributed by atoms with Crippen molar-refractivity contribution in [1.82, 2.24) is 15.0 Å². The minimum atomic E-state index is -0.0852. The van der Waals surface area contributed by atoms with E-state index < -0.39 is 0 Å². The molecular weight excluding hydrogens is 278 g/mol. The van der Waals surface area contributed by atoms with Crippen molar-refractivity contribution in [3.05, 3.63) is 35.7 Å². The Kier molecular flexibility index (Phi) is 4.73. The number of nitrogens with zero attached hydrogens (tertiary/aromatic N) is 3. The first kappa shape index (κ1) is 15.0. The van der Waals surface area contributed by atoms with Crippen molar-refractivity contribution >= 4 is 0 Å². The first-order valence-electron chi connectivity index (χ1n) is 8.11. The maximum absolute atomic E-state index is 9.50. The van der Waals surface area contributed by atoms with E-state index in [2.05, 4.69) is 10.3 Å². The van der Waals surface area contributed by atoms with Gasteiger partial charge in [-0.05, 0) is 43.0 Å². The number of benzene rings is 1. The van der Waals surface area contributed by atoms with Gasteiger partial charge < -0.3 is 10.2 Å². The van der Waals surface area contributed by atoms with Crippen molar-refractivity contribution in [2.75, 3.05) is 0 Å². The number of phenolic OH excluding ortho intramolecular Hbond substituents is 1. The first-order valence-corrected chi connectivity index (χ1v) is 8.11. The monoisotopic (exact) mass is 301 g/mol. The highest BCUT2D eigenvalue weighted by atomic mass is 16.3. The number of hydrogen-bond acceptors (Lipinski definition) is 4. The molecule has 1 fully saturated rings. The van der Waals surface area contributed by atoms with Gasteiger partial charge >= 0.3 is 0 Å². The van der Waals surface area contributed by atoms with Gasteiger partial charge in [-0.25, -0.2) is 4.68 Å². The second-order valence-corrected chi connectivity index (χ2v) is 6.11. The van der Waals surface area contributed by atoms with Crippen molar-refractivity contribution in [1.29, 1.82) is 0 Å². The molecule has 1 aromatic carbocycles. The topological polar surface area (TPSA) is 71.2 Å². The minimum absolute atomic E-state index is 0.0852. The first-order chi connectivity index (χ1) is 10.8. The standard InChI is InChI=1S/C17H23N3O2/c21-12-16-17(11-6-13-4-2-1-3-5-13)20(19-18-16)14-7-9-15(22)10-8-14/h7-10,13,21-22H,1-6,11-12H2. The summed E-state index contributed by atoms with van der Waals surface area (Å²) in [5, 5.41) is 27.2. The molecule has 1 aliphatic rings. The summed E-state index contributed by atoms with van der Waals surface area (Å²) in [5.74, 6) is 1.01. The van der Waals surface area contributed by atoms with Gasteiger partial charge in [0.05, 0.1) is 18.0 Å². The number of aliphatic hydroxyl groups is 1. The average molecular weight is 301 g/mol. The van der Waals surface area contributed by atoms with Gasteiger partial charge in [-0.2, -0.15) is 0 Å². The van der Waals surface area contributed by atoms with Gasteiger partial charge in [0.25, 0.3) is 0 Å². The molecule has 1 saturated carbocycles. The summed E-state index contributed by atoms with van der Waals surface area (Å²) in [6.45, 7) is -0.0852.